The molecule has 0 unspecified atom stereocenters. The van der Waals surface area contributed by atoms with E-state index in [0.29, 0.717) is 35.3 Å². The first kappa shape index (κ1) is 20.2. The van der Waals surface area contributed by atoms with Crippen LogP contribution in [0.1, 0.15) is 19.3 Å². The largest absolute Gasteiger partial charge is 0.431 e. The van der Waals surface area contributed by atoms with Gasteiger partial charge in [0.1, 0.15) is 5.82 Å². The standard InChI is InChI=1S/C22H20FN3O3S/c23-16-5-3-15(4-6-16)19-14-24-22(29-19)30-13-11-20(27)25-17-7-9-18(10-8-17)26-12-1-2-21(26)28/h3-10,14H,1-2,11-13H2,(H,25,27). The number of halogens is 1. The second-order valence-corrected chi connectivity index (χ2v) is 7.89. The minimum Gasteiger partial charge on any atom is -0.431 e. The molecule has 0 spiro atoms. The summed E-state index contributed by atoms with van der Waals surface area (Å²) in [6.07, 6.45) is 3.35. The second-order valence-electron chi connectivity index (χ2n) is 6.84. The maximum absolute atomic E-state index is 13.0. The number of nitrogens with zero attached hydrogens (tertiary/aromatic N) is 2. The molecule has 1 N–H and O–H groups in total. The van der Waals surface area contributed by atoms with Crippen molar-refractivity contribution in [2.75, 3.05) is 22.5 Å². The van der Waals surface area contributed by atoms with Gasteiger partial charge in [0.15, 0.2) is 5.76 Å². The highest BCUT2D eigenvalue weighted by atomic mass is 32.2. The van der Waals surface area contributed by atoms with Gasteiger partial charge in [-0.2, -0.15) is 0 Å². The average Bonchev–Trinajstić information content (AvgIpc) is 3.38. The third-order valence-corrected chi connectivity index (χ3v) is 5.55. The van der Waals surface area contributed by atoms with Gasteiger partial charge in [0.05, 0.1) is 6.20 Å². The van der Waals surface area contributed by atoms with Crippen molar-refractivity contribution in [3.05, 3.63) is 60.5 Å². The zero-order valence-electron chi connectivity index (χ0n) is 16.1. The lowest BCUT2D eigenvalue weighted by Gasteiger charge is -2.16. The number of hydrogen-bond donors (Lipinski definition) is 1. The van der Waals surface area contributed by atoms with E-state index in [1.807, 2.05) is 12.1 Å². The number of carbonyl (C=O) groups excluding carboxylic acids is 2. The third kappa shape index (κ3) is 4.88. The number of oxazole rings is 1. The van der Waals surface area contributed by atoms with Crippen molar-refractivity contribution in [1.82, 2.24) is 4.98 Å². The molecular formula is C22H20FN3O3S. The van der Waals surface area contributed by atoms with Crippen molar-refractivity contribution in [3.8, 4) is 11.3 Å². The maximum atomic E-state index is 13.0. The maximum Gasteiger partial charge on any atom is 0.256 e. The highest BCUT2D eigenvalue weighted by molar-refractivity contribution is 7.99. The van der Waals surface area contributed by atoms with E-state index in [-0.39, 0.29) is 17.6 Å². The van der Waals surface area contributed by atoms with E-state index < -0.39 is 0 Å². The van der Waals surface area contributed by atoms with Gasteiger partial charge >= 0.3 is 0 Å². The minimum atomic E-state index is -0.307. The molecule has 1 aliphatic heterocycles. The van der Waals surface area contributed by atoms with Crippen LogP contribution in [0.3, 0.4) is 0 Å². The van der Waals surface area contributed by atoms with Gasteiger partial charge in [-0.3, -0.25) is 9.59 Å². The summed E-state index contributed by atoms with van der Waals surface area (Å²) in [7, 11) is 0. The van der Waals surface area contributed by atoms with Gasteiger partial charge in [0.2, 0.25) is 11.8 Å². The lowest BCUT2D eigenvalue weighted by atomic mass is 10.2. The first-order valence-electron chi connectivity index (χ1n) is 9.63. The van der Waals surface area contributed by atoms with Gasteiger partial charge in [0.25, 0.3) is 5.22 Å². The molecule has 6 nitrogen and oxygen atoms in total. The molecule has 1 aromatic heterocycles. The van der Waals surface area contributed by atoms with Crippen LogP contribution in [0.2, 0.25) is 0 Å². The topological polar surface area (TPSA) is 75.4 Å². The zero-order chi connectivity index (χ0) is 20.9. The number of aromatic nitrogens is 1. The Bertz CT molecular complexity index is 1030. The number of benzene rings is 2. The fourth-order valence-electron chi connectivity index (χ4n) is 3.17. The molecule has 8 heteroatoms. The Balaban J connectivity index is 1.24. The molecule has 30 heavy (non-hydrogen) atoms. The molecule has 2 amide bonds. The lowest BCUT2D eigenvalue weighted by molar-refractivity contribution is -0.117. The molecule has 0 aliphatic carbocycles. The summed E-state index contributed by atoms with van der Waals surface area (Å²) in [4.78, 5) is 29.9. The zero-order valence-corrected chi connectivity index (χ0v) is 17.0. The highest BCUT2D eigenvalue weighted by Crippen LogP contribution is 2.26. The molecule has 2 aromatic carbocycles. The summed E-state index contributed by atoms with van der Waals surface area (Å²) in [6, 6.07) is 13.3. The molecule has 1 fully saturated rings. The molecule has 3 aromatic rings. The Morgan fingerprint density at radius 1 is 1.17 bits per heavy atom. The van der Waals surface area contributed by atoms with Crippen LogP contribution in [0.5, 0.6) is 0 Å². The van der Waals surface area contributed by atoms with Crippen LogP contribution < -0.4 is 10.2 Å². The monoisotopic (exact) mass is 425 g/mol. The van der Waals surface area contributed by atoms with Crippen LogP contribution in [0.4, 0.5) is 15.8 Å². The van der Waals surface area contributed by atoms with Crippen molar-refractivity contribution in [3.63, 3.8) is 0 Å². The van der Waals surface area contributed by atoms with Gasteiger partial charge in [-0.15, -0.1) is 0 Å². The number of carbonyl (C=O) groups is 2. The fraction of sp³-hybridized carbons (Fsp3) is 0.227. The first-order valence-corrected chi connectivity index (χ1v) is 10.6. The molecule has 0 bridgehead atoms. The number of amides is 2. The number of hydrogen-bond acceptors (Lipinski definition) is 5. The van der Waals surface area contributed by atoms with Crippen molar-refractivity contribution in [1.29, 1.82) is 0 Å². The number of nitrogens with one attached hydrogen (secondary N) is 1. The Labute approximate surface area is 177 Å². The molecule has 0 saturated carbocycles. The second kappa shape index (κ2) is 9.13. The Kier molecular flexibility index (Phi) is 6.13. The SMILES string of the molecule is O=C(CCSc1ncc(-c2ccc(F)cc2)o1)Nc1ccc(N2CCCC2=O)cc1. The van der Waals surface area contributed by atoms with E-state index in [9.17, 15) is 14.0 Å². The molecular weight excluding hydrogens is 405 g/mol. The van der Waals surface area contributed by atoms with Crippen LogP contribution in [0.25, 0.3) is 11.3 Å². The Hall–Kier alpha value is -3.13. The summed E-state index contributed by atoms with van der Waals surface area (Å²) >= 11 is 1.34. The summed E-state index contributed by atoms with van der Waals surface area (Å²) in [5, 5.41) is 3.31. The average molecular weight is 425 g/mol. The van der Waals surface area contributed by atoms with Crippen LogP contribution in [-0.4, -0.2) is 29.1 Å². The number of rotatable bonds is 7. The van der Waals surface area contributed by atoms with E-state index in [1.165, 1.54) is 23.9 Å². The predicted molar refractivity (Wildman–Crippen MR) is 114 cm³/mol. The summed E-state index contributed by atoms with van der Waals surface area (Å²) in [6.45, 7) is 0.742. The van der Waals surface area contributed by atoms with E-state index in [4.69, 9.17) is 4.42 Å². The molecule has 4 rings (SSSR count). The van der Waals surface area contributed by atoms with Crippen molar-refractivity contribution >= 4 is 35.0 Å². The van der Waals surface area contributed by atoms with E-state index >= 15 is 0 Å². The molecule has 2 heterocycles. The molecule has 1 saturated heterocycles. The van der Waals surface area contributed by atoms with Crippen LogP contribution >= 0.6 is 11.8 Å². The van der Waals surface area contributed by atoms with Gasteiger partial charge in [-0.25, -0.2) is 9.37 Å². The van der Waals surface area contributed by atoms with Crippen molar-refractivity contribution < 1.29 is 18.4 Å². The van der Waals surface area contributed by atoms with Crippen LogP contribution in [0, 0.1) is 5.82 Å². The summed E-state index contributed by atoms with van der Waals surface area (Å²) < 4.78 is 18.7. The summed E-state index contributed by atoms with van der Waals surface area (Å²) in [5.74, 6) is 0.780. The molecule has 0 radical (unpaired) electrons. The number of thioether (sulfide) groups is 1. The normalized spacial score (nSPS) is 13.6. The molecule has 154 valence electrons. The van der Waals surface area contributed by atoms with Gasteiger partial charge in [0, 0.05) is 42.1 Å². The van der Waals surface area contributed by atoms with Crippen LogP contribution in [0.15, 0.2) is 64.4 Å². The van der Waals surface area contributed by atoms with E-state index in [0.717, 1.165) is 24.2 Å². The van der Waals surface area contributed by atoms with Crippen LogP contribution in [-0.2, 0) is 9.59 Å². The third-order valence-electron chi connectivity index (χ3n) is 4.70. The molecule has 1 aliphatic rings. The fourth-order valence-corrected chi connectivity index (χ4v) is 3.91. The lowest BCUT2D eigenvalue weighted by Crippen LogP contribution is -2.23. The van der Waals surface area contributed by atoms with E-state index in [1.54, 1.807) is 35.4 Å². The number of anilines is 2. The highest BCUT2D eigenvalue weighted by Gasteiger charge is 2.21. The van der Waals surface area contributed by atoms with Crippen molar-refractivity contribution in [2.45, 2.75) is 24.5 Å². The molecule has 0 atom stereocenters. The predicted octanol–water partition coefficient (Wildman–Crippen LogP) is 4.73. The summed E-state index contributed by atoms with van der Waals surface area (Å²) in [5.41, 5.74) is 2.29. The minimum absolute atomic E-state index is 0.113. The van der Waals surface area contributed by atoms with Gasteiger partial charge in [-0.1, -0.05) is 11.8 Å². The Morgan fingerprint density at radius 3 is 2.63 bits per heavy atom. The van der Waals surface area contributed by atoms with E-state index in [2.05, 4.69) is 10.3 Å². The van der Waals surface area contributed by atoms with Gasteiger partial charge < -0.3 is 14.6 Å². The quantitative estimate of drug-likeness (QED) is 0.554. The first-order chi connectivity index (χ1) is 14.6. The smallest absolute Gasteiger partial charge is 0.256 e. The van der Waals surface area contributed by atoms with Crippen molar-refractivity contribution in [2.24, 2.45) is 0 Å². The van der Waals surface area contributed by atoms with Gasteiger partial charge in [-0.05, 0) is 55.0 Å². The Morgan fingerprint density at radius 2 is 1.93 bits per heavy atom.